The second-order valence-corrected chi connectivity index (χ2v) is 10.6. The minimum absolute atomic E-state index is 0.0551. The molecule has 0 aromatic carbocycles. The van der Waals surface area contributed by atoms with Gasteiger partial charge in [-0.3, -0.25) is 9.69 Å². The lowest BCUT2D eigenvalue weighted by Gasteiger charge is -2.35. The van der Waals surface area contributed by atoms with Crippen LogP contribution in [0.4, 0.5) is 9.80 Å². The topological polar surface area (TPSA) is 94.5 Å². The van der Waals surface area contributed by atoms with Crippen molar-refractivity contribution in [3.05, 3.63) is 16.0 Å². The van der Waals surface area contributed by atoms with Crippen LogP contribution in [0.15, 0.2) is 0 Å². The molecule has 0 bridgehead atoms. The Morgan fingerprint density at radius 2 is 1.87 bits per heavy atom. The van der Waals surface area contributed by atoms with Gasteiger partial charge in [0.2, 0.25) is 5.91 Å². The van der Waals surface area contributed by atoms with Crippen LogP contribution in [-0.4, -0.2) is 47.7 Å². The van der Waals surface area contributed by atoms with E-state index in [9.17, 15) is 14.9 Å². The summed E-state index contributed by atoms with van der Waals surface area (Å²) in [6.45, 7) is 8.89. The lowest BCUT2D eigenvalue weighted by molar-refractivity contribution is -0.121. The molecule has 1 atom stereocenters. The van der Waals surface area contributed by atoms with E-state index in [0.717, 1.165) is 57.2 Å². The number of ether oxygens (including phenoxy) is 1. The van der Waals surface area contributed by atoms with Crippen LogP contribution in [0.25, 0.3) is 0 Å². The fraction of sp³-hybridized carbons (Fsp3) is 0.696. The van der Waals surface area contributed by atoms with Gasteiger partial charge >= 0.3 is 6.09 Å². The van der Waals surface area contributed by atoms with E-state index in [-0.39, 0.29) is 18.0 Å². The Bertz CT molecular complexity index is 844. The highest BCUT2D eigenvalue weighted by Crippen LogP contribution is 2.37. The molecule has 1 fully saturated rings. The average molecular weight is 447 g/mol. The maximum absolute atomic E-state index is 12.9. The lowest BCUT2D eigenvalue weighted by atomic mass is 10.0. The first-order chi connectivity index (χ1) is 14.7. The number of rotatable bonds is 4. The molecular weight excluding hydrogens is 412 g/mol. The number of nitriles is 1. The van der Waals surface area contributed by atoms with Crippen LogP contribution in [-0.2, 0) is 22.4 Å². The number of alkyl carbamates (subject to hydrolysis) is 1. The van der Waals surface area contributed by atoms with Crippen molar-refractivity contribution in [1.29, 1.82) is 5.26 Å². The first kappa shape index (κ1) is 23.6. The minimum atomic E-state index is -0.514. The zero-order chi connectivity index (χ0) is 22.6. The van der Waals surface area contributed by atoms with Crippen molar-refractivity contribution in [3.63, 3.8) is 0 Å². The summed E-state index contributed by atoms with van der Waals surface area (Å²) in [5, 5.41) is 16.3. The predicted molar refractivity (Wildman–Crippen MR) is 122 cm³/mol. The fourth-order valence-corrected chi connectivity index (χ4v) is 5.48. The summed E-state index contributed by atoms with van der Waals surface area (Å²) in [6.07, 6.45) is 6.53. The van der Waals surface area contributed by atoms with Crippen molar-refractivity contribution in [2.45, 2.75) is 90.3 Å². The van der Waals surface area contributed by atoms with E-state index in [2.05, 4.69) is 21.6 Å². The number of aryl methyl sites for hydroxylation is 1. The van der Waals surface area contributed by atoms with Gasteiger partial charge in [0.15, 0.2) is 0 Å². The zero-order valence-electron chi connectivity index (χ0n) is 19.0. The number of carbonyl (C=O) groups excluding carboxylic acids is 2. The normalized spacial score (nSPS) is 18.9. The molecule has 1 aromatic heterocycles. The summed E-state index contributed by atoms with van der Waals surface area (Å²) in [7, 11) is 0. The molecule has 8 heteroatoms. The van der Waals surface area contributed by atoms with Crippen molar-refractivity contribution >= 4 is 28.3 Å². The summed E-state index contributed by atoms with van der Waals surface area (Å²) in [4.78, 5) is 28.3. The number of amides is 2. The molecule has 31 heavy (non-hydrogen) atoms. The summed E-state index contributed by atoms with van der Waals surface area (Å²) in [5.74, 6) is -0.0774. The van der Waals surface area contributed by atoms with Gasteiger partial charge in [0.1, 0.15) is 16.7 Å². The smallest absolute Gasteiger partial charge is 0.407 e. The Morgan fingerprint density at radius 3 is 2.52 bits per heavy atom. The minimum Gasteiger partial charge on any atom is -0.444 e. The molecule has 0 radical (unpaired) electrons. The number of thiophene rings is 1. The molecule has 1 aliphatic carbocycles. The molecule has 0 saturated carbocycles. The van der Waals surface area contributed by atoms with E-state index >= 15 is 0 Å². The van der Waals surface area contributed by atoms with Crippen molar-refractivity contribution in [2.75, 3.05) is 18.4 Å². The quantitative estimate of drug-likeness (QED) is 0.676. The molecule has 1 unspecified atom stereocenters. The Kier molecular flexibility index (Phi) is 7.60. The molecule has 0 spiro atoms. The van der Waals surface area contributed by atoms with E-state index in [4.69, 9.17) is 4.74 Å². The third-order valence-electron chi connectivity index (χ3n) is 5.95. The summed E-state index contributed by atoms with van der Waals surface area (Å²) < 4.78 is 5.33. The van der Waals surface area contributed by atoms with E-state index in [1.165, 1.54) is 11.3 Å². The summed E-state index contributed by atoms with van der Waals surface area (Å²) in [6, 6.07) is 2.09. The molecule has 2 N–H and O–H groups in total. The fourth-order valence-electron chi connectivity index (χ4n) is 4.24. The van der Waals surface area contributed by atoms with Crippen LogP contribution in [0.2, 0.25) is 0 Å². The largest absolute Gasteiger partial charge is 0.444 e. The molecule has 7 nitrogen and oxygen atoms in total. The van der Waals surface area contributed by atoms with Gasteiger partial charge in [-0.15, -0.1) is 11.3 Å². The Balaban J connectivity index is 1.54. The summed E-state index contributed by atoms with van der Waals surface area (Å²) >= 11 is 1.57. The highest BCUT2D eigenvalue weighted by molar-refractivity contribution is 7.16. The van der Waals surface area contributed by atoms with Crippen LogP contribution < -0.4 is 10.6 Å². The van der Waals surface area contributed by atoms with E-state index < -0.39 is 11.7 Å². The molecule has 3 rings (SSSR count). The number of nitrogens with one attached hydrogen (secondary N) is 2. The van der Waals surface area contributed by atoms with Crippen LogP contribution in [0, 0.1) is 11.3 Å². The lowest BCUT2D eigenvalue weighted by Crippen LogP contribution is -2.51. The predicted octanol–water partition coefficient (Wildman–Crippen LogP) is 4.20. The third-order valence-corrected chi connectivity index (χ3v) is 7.15. The summed E-state index contributed by atoms with van der Waals surface area (Å²) in [5.41, 5.74) is 1.28. The van der Waals surface area contributed by atoms with Gasteiger partial charge < -0.3 is 15.4 Å². The van der Waals surface area contributed by atoms with Gasteiger partial charge in [-0.25, -0.2) is 4.79 Å². The standard InChI is InChI=1S/C23H34N4O3S/c1-15(27-12-10-16(11-13-27)25-22(29)30-23(2,3)4)20(28)26-21-18(14-24)17-8-6-5-7-9-19(17)31-21/h15-16H,5-13H2,1-4H3,(H,25,29)(H,26,28). The van der Waals surface area contributed by atoms with Gasteiger partial charge in [0.05, 0.1) is 11.6 Å². The van der Waals surface area contributed by atoms with Gasteiger partial charge in [-0.1, -0.05) is 6.42 Å². The number of fused-ring (bicyclic) bond motifs is 1. The maximum Gasteiger partial charge on any atom is 0.407 e. The molecule has 1 aliphatic heterocycles. The Hall–Kier alpha value is -2.11. The van der Waals surface area contributed by atoms with Crippen molar-refractivity contribution in [2.24, 2.45) is 0 Å². The third kappa shape index (κ3) is 6.20. The van der Waals surface area contributed by atoms with Gasteiger partial charge in [-0.05, 0) is 71.8 Å². The maximum atomic E-state index is 12.9. The SMILES string of the molecule is CC(C(=O)Nc1sc2c(c1C#N)CCCCC2)N1CCC(NC(=O)OC(C)(C)C)CC1. The number of piperidine rings is 1. The Labute approximate surface area is 189 Å². The molecule has 170 valence electrons. The average Bonchev–Trinajstić information content (AvgIpc) is 2.85. The molecular formula is C23H34N4O3S. The van der Waals surface area contributed by atoms with Crippen LogP contribution in [0.5, 0.6) is 0 Å². The zero-order valence-corrected chi connectivity index (χ0v) is 19.9. The second kappa shape index (κ2) is 10.0. The molecule has 2 amide bonds. The Morgan fingerprint density at radius 1 is 1.19 bits per heavy atom. The number of likely N-dealkylation sites (tertiary alicyclic amines) is 1. The van der Waals surface area contributed by atoms with Gasteiger partial charge in [-0.2, -0.15) is 5.26 Å². The van der Waals surface area contributed by atoms with E-state index in [1.807, 2.05) is 27.7 Å². The number of hydrogen-bond donors (Lipinski definition) is 2. The van der Waals surface area contributed by atoms with Crippen molar-refractivity contribution in [3.8, 4) is 6.07 Å². The van der Waals surface area contributed by atoms with Crippen LogP contribution >= 0.6 is 11.3 Å². The highest BCUT2D eigenvalue weighted by atomic mass is 32.1. The first-order valence-electron chi connectivity index (χ1n) is 11.3. The van der Waals surface area contributed by atoms with Gasteiger partial charge in [0, 0.05) is 24.0 Å². The first-order valence-corrected chi connectivity index (χ1v) is 12.1. The van der Waals surface area contributed by atoms with Crippen molar-refractivity contribution in [1.82, 2.24) is 10.2 Å². The van der Waals surface area contributed by atoms with Gasteiger partial charge in [0.25, 0.3) is 0 Å². The van der Waals surface area contributed by atoms with E-state index in [1.54, 1.807) is 11.3 Å². The molecule has 2 aliphatic rings. The van der Waals surface area contributed by atoms with Crippen molar-refractivity contribution < 1.29 is 14.3 Å². The van der Waals surface area contributed by atoms with E-state index in [0.29, 0.717) is 10.6 Å². The second-order valence-electron chi connectivity index (χ2n) is 9.50. The molecule has 1 aromatic rings. The van der Waals surface area contributed by atoms with Crippen LogP contribution in [0.3, 0.4) is 0 Å². The number of carbonyl (C=O) groups is 2. The highest BCUT2D eigenvalue weighted by Gasteiger charge is 2.29. The number of hydrogen-bond acceptors (Lipinski definition) is 6. The molecule has 2 heterocycles. The monoisotopic (exact) mass is 446 g/mol. The number of nitrogens with zero attached hydrogens (tertiary/aromatic N) is 2. The molecule has 1 saturated heterocycles. The van der Waals surface area contributed by atoms with Crippen LogP contribution in [0.1, 0.15) is 75.8 Å². The number of anilines is 1.